The third-order valence-electron chi connectivity index (χ3n) is 4.30. The van der Waals surface area contributed by atoms with Gasteiger partial charge in [0.15, 0.2) is 0 Å². The lowest BCUT2D eigenvalue weighted by Crippen LogP contribution is -2.55. The Morgan fingerprint density at radius 1 is 1.07 bits per heavy atom. The predicted octanol–water partition coefficient (Wildman–Crippen LogP) is 3.44. The van der Waals surface area contributed by atoms with Crippen molar-refractivity contribution in [3.63, 3.8) is 0 Å². The van der Waals surface area contributed by atoms with Crippen molar-refractivity contribution in [2.24, 2.45) is 0 Å². The van der Waals surface area contributed by atoms with E-state index in [9.17, 15) is 22.8 Å². The molecule has 1 aliphatic rings. The van der Waals surface area contributed by atoms with E-state index in [1.807, 2.05) is 5.32 Å². The van der Waals surface area contributed by atoms with E-state index < -0.39 is 36.7 Å². The van der Waals surface area contributed by atoms with Gasteiger partial charge < -0.3 is 10.1 Å². The van der Waals surface area contributed by atoms with Gasteiger partial charge >= 0.3 is 12.1 Å². The zero-order valence-electron chi connectivity index (χ0n) is 14.4. The molecule has 1 heterocycles. The van der Waals surface area contributed by atoms with Gasteiger partial charge in [0.1, 0.15) is 17.7 Å². The molecule has 2 aromatic rings. The molecule has 0 spiro atoms. The summed E-state index contributed by atoms with van der Waals surface area (Å²) < 4.78 is 43.9. The van der Waals surface area contributed by atoms with Crippen molar-refractivity contribution >= 4 is 29.1 Å². The Labute approximate surface area is 164 Å². The van der Waals surface area contributed by atoms with E-state index in [4.69, 9.17) is 16.3 Å². The van der Waals surface area contributed by atoms with Crippen LogP contribution in [0, 0.1) is 0 Å². The number of anilines is 1. The largest absolute Gasteiger partial charge is 0.481 e. The first-order valence-corrected chi connectivity index (χ1v) is 8.90. The second-order valence-corrected chi connectivity index (χ2v) is 6.36. The highest BCUT2D eigenvalue weighted by Crippen LogP contribution is 2.41. The summed E-state index contributed by atoms with van der Waals surface area (Å²) in [6.07, 6.45) is -5.83. The summed E-state index contributed by atoms with van der Waals surface area (Å²) >= 11 is 5.75. The molecule has 2 aromatic carbocycles. The van der Waals surface area contributed by atoms with Crippen LogP contribution >= 0.6 is 11.6 Å². The number of para-hydroxylation sites is 2. The number of hydrogen-bond donors (Lipinski definition) is 1. The number of nitrogens with one attached hydrogen (secondary N) is 1. The molecule has 2 unspecified atom stereocenters. The maximum absolute atomic E-state index is 12.6. The van der Waals surface area contributed by atoms with Gasteiger partial charge in [0.25, 0.3) is 0 Å². The van der Waals surface area contributed by atoms with Crippen LogP contribution in [0.3, 0.4) is 0 Å². The molecule has 1 N–H and O–H groups in total. The lowest BCUT2D eigenvalue weighted by atomic mass is 9.97. The molecule has 3 rings (SSSR count). The van der Waals surface area contributed by atoms with Crippen LogP contribution in [0.25, 0.3) is 0 Å². The monoisotopic (exact) mass is 412 g/mol. The summed E-state index contributed by atoms with van der Waals surface area (Å²) in [7, 11) is 0. The molecule has 0 saturated heterocycles. The molecule has 2 atom stereocenters. The number of benzene rings is 2. The van der Waals surface area contributed by atoms with Gasteiger partial charge in [0.2, 0.25) is 5.91 Å². The van der Waals surface area contributed by atoms with Crippen LogP contribution in [0.4, 0.5) is 18.9 Å². The van der Waals surface area contributed by atoms with Gasteiger partial charge in [-0.15, -0.1) is 11.6 Å². The number of carbonyl (C=O) groups excluding carboxylic acids is 2. The van der Waals surface area contributed by atoms with Crippen LogP contribution in [0.5, 0.6) is 5.75 Å². The minimum absolute atomic E-state index is 0.375. The highest BCUT2D eigenvalue weighted by Gasteiger charge is 2.43. The zero-order chi connectivity index (χ0) is 20.3. The fourth-order valence-electron chi connectivity index (χ4n) is 3.10. The predicted molar refractivity (Wildman–Crippen MR) is 97.3 cm³/mol. The summed E-state index contributed by atoms with van der Waals surface area (Å²) in [4.78, 5) is 25.2. The first-order chi connectivity index (χ1) is 13.3. The molecule has 1 aliphatic heterocycles. The van der Waals surface area contributed by atoms with Crippen molar-refractivity contribution in [3.05, 3.63) is 60.2 Å². The van der Waals surface area contributed by atoms with Crippen LogP contribution in [0.1, 0.15) is 11.7 Å². The molecule has 0 fully saturated rings. The number of fused-ring (bicyclic) bond motifs is 1. The Morgan fingerprint density at radius 2 is 1.71 bits per heavy atom. The Bertz CT molecular complexity index is 861. The van der Waals surface area contributed by atoms with Crippen molar-refractivity contribution in [2.75, 3.05) is 17.3 Å². The highest BCUT2D eigenvalue weighted by molar-refractivity contribution is 6.29. The van der Waals surface area contributed by atoms with Gasteiger partial charge in [-0.1, -0.05) is 42.5 Å². The first kappa shape index (κ1) is 20.0. The Balaban J connectivity index is 2.02. The highest BCUT2D eigenvalue weighted by atomic mass is 35.5. The van der Waals surface area contributed by atoms with Crippen LogP contribution < -0.4 is 15.0 Å². The SMILES string of the molecule is O=C(CCl)N1c2ccccc2OC(c2ccccc2)C1CNC(=O)C(F)(F)F. The van der Waals surface area contributed by atoms with E-state index >= 15 is 0 Å². The van der Waals surface area contributed by atoms with E-state index in [0.717, 1.165) is 0 Å². The summed E-state index contributed by atoms with van der Waals surface area (Å²) in [5, 5.41) is 1.85. The molecular weight excluding hydrogens is 397 g/mol. The Hall–Kier alpha value is -2.74. The molecule has 5 nitrogen and oxygen atoms in total. The second-order valence-electron chi connectivity index (χ2n) is 6.09. The van der Waals surface area contributed by atoms with Gasteiger partial charge in [0, 0.05) is 6.54 Å². The standard InChI is InChI=1S/C19H16ClF3N2O3/c20-10-16(26)25-13-8-4-5-9-15(13)28-17(12-6-2-1-3-7-12)14(25)11-24-18(27)19(21,22)23/h1-9,14,17H,10-11H2,(H,24,27). The van der Waals surface area contributed by atoms with Crippen molar-refractivity contribution in [2.45, 2.75) is 18.3 Å². The van der Waals surface area contributed by atoms with Crippen LogP contribution in [-0.2, 0) is 9.59 Å². The number of ether oxygens (including phenoxy) is 1. The first-order valence-electron chi connectivity index (χ1n) is 8.36. The van der Waals surface area contributed by atoms with Crippen LogP contribution in [0.15, 0.2) is 54.6 Å². The lowest BCUT2D eigenvalue weighted by Gasteiger charge is -2.42. The summed E-state index contributed by atoms with van der Waals surface area (Å²) in [6.45, 7) is -0.463. The molecule has 148 valence electrons. The second kappa shape index (κ2) is 8.10. The Kier molecular flexibility index (Phi) is 5.79. The Morgan fingerprint density at radius 3 is 2.36 bits per heavy atom. The third kappa shape index (κ3) is 4.06. The lowest BCUT2D eigenvalue weighted by molar-refractivity contribution is -0.173. The number of carbonyl (C=O) groups is 2. The molecule has 28 heavy (non-hydrogen) atoms. The zero-order valence-corrected chi connectivity index (χ0v) is 15.2. The molecule has 0 aromatic heterocycles. The van der Waals surface area contributed by atoms with Crippen molar-refractivity contribution in [3.8, 4) is 5.75 Å². The number of halogens is 4. The quantitative estimate of drug-likeness (QED) is 0.783. The fraction of sp³-hybridized carbons (Fsp3) is 0.263. The van der Waals surface area contributed by atoms with Gasteiger partial charge in [-0.3, -0.25) is 14.5 Å². The summed E-state index contributed by atoms with van der Waals surface area (Å²) in [5.74, 6) is -2.58. The van der Waals surface area contributed by atoms with E-state index in [-0.39, 0.29) is 5.88 Å². The number of amides is 2. The van der Waals surface area contributed by atoms with Crippen molar-refractivity contribution < 1.29 is 27.5 Å². The molecule has 9 heteroatoms. The number of rotatable bonds is 4. The van der Waals surface area contributed by atoms with Gasteiger partial charge in [-0.25, -0.2) is 0 Å². The molecule has 0 saturated carbocycles. The fourth-order valence-corrected chi connectivity index (χ4v) is 3.23. The maximum atomic E-state index is 12.6. The van der Waals surface area contributed by atoms with Crippen molar-refractivity contribution in [1.82, 2.24) is 5.32 Å². The van der Waals surface area contributed by atoms with E-state index in [1.165, 1.54) is 4.90 Å². The van der Waals surface area contributed by atoms with Crippen molar-refractivity contribution in [1.29, 1.82) is 0 Å². The van der Waals surface area contributed by atoms with Crippen LogP contribution in [0.2, 0.25) is 0 Å². The molecule has 0 bridgehead atoms. The van der Waals surface area contributed by atoms with E-state index in [2.05, 4.69) is 0 Å². The molecule has 0 radical (unpaired) electrons. The average molecular weight is 413 g/mol. The van der Waals surface area contributed by atoms with E-state index in [0.29, 0.717) is 17.0 Å². The number of hydrogen-bond acceptors (Lipinski definition) is 3. The third-order valence-corrected chi connectivity index (χ3v) is 4.53. The minimum Gasteiger partial charge on any atom is -0.481 e. The minimum atomic E-state index is -5.03. The maximum Gasteiger partial charge on any atom is 0.471 e. The van der Waals surface area contributed by atoms with Crippen LogP contribution in [-0.4, -0.2) is 36.5 Å². The molecular formula is C19H16ClF3N2O3. The average Bonchev–Trinajstić information content (AvgIpc) is 2.70. The normalized spacial score (nSPS) is 18.8. The van der Waals surface area contributed by atoms with Gasteiger partial charge in [0.05, 0.1) is 11.7 Å². The van der Waals surface area contributed by atoms with E-state index in [1.54, 1.807) is 54.6 Å². The molecule has 0 aliphatic carbocycles. The van der Waals surface area contributed by atoms with Gasteiger partial charge in [-0.2, -0.15) is 13.2 Å². The molecule has 2 amide bonds. The topological polar surface area (TPSA) is 58.6 Å². The summed E-state index contributed by atoms with van der Waals surface area (Å²) in [6, 6.07) is 14.5. The van der Waals surface area contributed by atoms with Gasteiger partial charge in [-0.05, 0) is 17.7 Å². The smallest absolute Gasteiger partial charge is 0.471 e. The number of alkyl halides is 4. The number of nitrogens with zero attached hydrogens (tertiary/aromatic N) is 1. The summed E-state index contributed by atoms with van der Waals surface area (Å²) in [5.41, 5.74) is 1.03.